The highest BCUT2D eigenvalue weighted by molar-refractivity contribution is 4.90. The van der Waals surface area contributed by atoms with Crippen molar-refractivity contribution in [2.75, 3.05) is 26.2 Å². The van der Waals surface area contributed by atoms with E-state index in [2.05, 4.69) is 48.1 Å². The van der Waals surface area contributed by atoms with Crippen molar-refractivity contribution < 1.29 is 4.52 Å². The molecular formula is C16H32N4O. The molecule has 1 aromatic rings. The van der Waals surface area contributed by atoms with E-state index in [1.807, 2.05) is 0 Å². The van der Waals surface area contributed by atoms with Gasteiger partial charge in [0.1, 0.15) is 0 Å². The molecule has 0 saturated heterocycles. The van der Waals surface area contributed by atoms with Crippen molar-refractivity contribution in [1.82, 2.24) is 20.4 Å². The molecule has 1 atom stereocenters. The van der Waals surface area contributed by atoms with Gasteiger partial charge < -0.3 is 14.7 Å². The van der Waals surface area contributed by atoms with Gasteiger partial charge in [0.25, 0.3) is 0 Å². The Bertz CT molecular complexity index is 363. The number of nitrogens with zero attached hydrogens (tertiary/aromatic N) is 3. The molecule has 0 aromatic carbocycles. The van der Waals surface area contributed by atoms with E-state index < -0.39 is 0 Å². The summed E-state index contributed by atoms with van der Waals surface area (Å²) in [5.74, 6) is 1.61. The lowest BCUT2D eigenvalue weighted by Gasteiger charge is -2.16. The van der Waals surface area contributed by atoms with Gasteiger partial charge in [-0.2, -0.15) is 4.98 Å². The number of rotatable bonds is 12. The van der Waals surface area contributed by atoms with Crippen LogP contribution in [0.4, 0.5) is 0 Å². The largest absolute Gasteiger partial charge is 0.339 e. The molecular weight excluding hydrogens is 264 g/mol. The van der Waals surface area contributed by atoms with Crippen LogP contribution >= 0.6 is 0 Å². The first-order valence-corrected chi connectivity index (χ1v) is 8.50. The van der Waals surface area contributed by atoms with Gasteiger partial charge in [-0.1, -0.05) is 39.3 Å². The Hall–Kier alpha value is -0.940. The number of aromatic nitrogens is 2. The first-order chi connectivity index (χ1) is 10.2. The van der Waals surface area contributed by atoms with E-state index >= 15 is 0 Å². The van der Waals surface area contributed by atoms with Crippen LogP contribution in [0.2, 0.25) is 0 Å². The van der Waals surface area contributed by atoms with Crippen LogP contribution in [0.15, 0.2) is 4.52 Å². The molecule has 0 amide bonds. The fraction of sp³-hybridized carbons (Fsp3) is 0.875. The van der Waals surface area contributed by atoms with E-state index in [1.54, 1.807) is 0 Å². The molecule has 1 aromatic heterocycles. The van der Waals surface area contributed by atoms with Gasteiger partial charge in [0.2, 0.25) is 5.89 Å². The summed E-state index contributed by atoms with van der Waals surface area (Å²) < 4.78 is 5.40. The number of likely N-dealkylation sites (N-methyl/N-ethyl adjacent to an activating group) is 1. The second-order valence-electron chi connectivity index (χ2n) is 5.53. The van der Waals surface area contributed by atoms with Crippen LogP contribution in [0.3, 0.4) is 0 Å². The van der Waals surface area contributed by atoms with E-state index in [0.717, 1.165) is 63.6 Å². The third kappa shape index (κ3) is 7.05. The molecule has 0 aliphatic heterocycles. The molecule has 1 unspecified atom stereocenters. The van der Waals surface area contributed by atoms with Crippen LogP contribution in [0.25, 0.3) is 0 Å². The minimum Gasteiger partial charge on any atom is -0.339 e. The monoisotopic (exact) mass is 296 g/mol. The van der Waals surface area contributed by atoms with Crippen LogP contribution in [-0.4, -0.2) is 47.3 Å². The van der Waals surface area contributed by atoms with E-state index in [9.17, 15) is 0 Å². The van der Waals surface area contributed by atoms with Gasteiger partial charge in [-0.15, -0.1) is 0 Å². The van der Waals surface area contributed by atoms with Crippen molar-refractivity contribution >= 4 is 0 Å². The van der Waals surface area contributed by atoms with E-state index in [4.69, 9.17) is 4.52 Å². The van der Waals surface area contributed by atoms with Crippen molar-refractivity contribution in [2.45, 2.75) is 65.8 Å². The van der Waals surface area contributed by atoms with E-state index in [0.29, 0.717) is 6.04 Å². The highest BCUT2D eigenvalue weighted by atomic mass is 16.5. The molecule has 0 aliphatic rings. The predicted octanol–water partition coefficient (Wildman–Crippen LogP) is 2.66. The number of hydrogen-bond acceptors (Lipinski definition) is 5. The standard InChI is InChI=1S/C16H32N4O/c1-5-9-14(17-11-6-2)13-16-18-15(19-21-16)10-12-20(7-3)8-4/h14,17H,5-13H2,1-4H3. The number of hydrogen-bond donors (Lipinski definition) is 1. The maximum atomic E-state index is 5.40. The molecule has 5 nitrogen and oxygen atoms in total. The maximum absolute atomic E-state index is 5.40. The second kappa shape index (κ2) is 10.7. The zero-order valence-corrected chi connectivity index (χ0v) is 14.2. The first-order valence-electron chi connectivity index (χ1n) is 8.50. The summed E-state index contributed by atoms with van der Waals surface area (Å²) in [6.45, 7) is 12.9. The lowest BCUT2D eigenvalue weighted by molar-refractivity contribution is 0.302. The maximum Gasteiger partial charge on any atom is 0.228 e. The minimum absolute atomic E-state index is 0.450. The molecule has 5 heteroatoms. The summed E-state index contributed by atoms with van der Waals surface area (Å²) in [5, 5.41) is 7.67. The molecule has 0 saturated carbocycles. The van der Waals surface area contributed by atoms with Gasteiger partial charge in [-0.3, -0.25) is 0 Å². The van der Waals surface area contributed by atoms with Crippen molar-refractivity contribution in [3.63, 3.8) is 0 Å². The quantitative estimate of drug-likeness (QED) is 0.642. The van der Waals surface area contributed by atoms with Crippen LogP contribution in [0, 0.1) is 0 Å². The van der Waals surface area contributed by atoms with Crippen molar-refractivity contribution in [3.8, 4) is 0 Å². The molecule has 0 radical (unpaired) electrons. The average molecular weight is 296 g/mol. The third-order valence-corrected chi connectivity index (χ3v) is 3.80. The van der Waals surface area contributed by atoms with E-state index in [-0.39, 0.29) is 0 Å². The summed E-state index contributed by atoms with van der Waals surface area (Å²) in [6.07, 6.45) is 5.18. The topological polar surface area (TPSA) is 54.2 Å². The molecule has 0 bridgehead atoms. The molecule has 0 aliphatic carbocycles. The molecule has 122 valence electrons. The minimum atomic E-state index is 0.450. The van der Waals surface area contributed by atoms with E-state index in [1.165, 1.54) is 6.42 Å². The summed E-state index contributed by atoms with van der Waals surface area (Å²) in [4.78, 5) is 6.91. The average Bonchev–Trinajstić information content (AvgIpc) is 2.93. The van der Waals surface area contributed by atoms with Gasteiger partial charge in [0.15, 0.2) is 5.82 Å². The lowest BCUT2D eigenvalue weighted by Crippen LogP contribution is -2.31. The van der Waals surface area contributed by atoms with Crippen LogP contribution in [-0.2, 0) is 12.8 Å². The molecule has 0 spiro atoms. The van der Waals surface area contributed by atoms with Crippen molar-refractivity contribution in [3.05, 3.63) is 11.7 Å². The Morgan fingerprint density at radius 1 is 1.14 bits per heavy atom. The number of nitrogens with one attached hydrogen (secondary N) is 1. The SMILES string of the molecule is CCCNC(CCC)Cc1nc(CCN(CC)CC)no1. The highest BCUT2D eigenvalue weighted by Crippen LogP contribution is 2.07. The van der Waals surface area contributed by atoms with Crippen LogP contribution in [0.1, 0.15) is 58.7 Å². The Morgan fingerprint density at radius 2 is 1.90 bits per heavy atom. The van der Waals surface area contributed by atoms with Crippen LogP contribution < -0.4 is 5.32 Å². The summed E-state index contributed by atoms with van der Waals surface area (Å²) >= 11 is 0. The van der Waals surface area contributed by atoms with Crippen molar-refractivity contribution in [1.29, 1.82) is 0 Å². The normalized spacial score (nSPS) is 13.0. The Morgan fingerprint density at radius 3 is 2.52 bits per heavy atom. The fourth-order valence-electron chi connectivity index (χ4n) is 2.46. The Labute approximate surface area is 129 Å². The molecule has 1 rings (SSSR count). The van der Waals surface area contributed by atoms with Gasteiger partial charge in [0.05, 0.1) is 0 Å². The van der Waals surface area contributed by atoms with Crippen LogP contribution in [0.5, 0.6) is 0 Å². The van der Waals surface area contributed by atoms with Crippen molar-refractivity contribution in [2.24, 2.45) is 0 Å². The first kappa shape index (κ1) is 18.1. The smallest absolute Gasteiger partial charge is 0.228 e. The third-order valence-electron chi connectivity index (χ3n) is 3.80. The zero-order chi connectivity index (χ0) is 15.5. The predicted molar refractivity (Wildman–Crippen MR) is 86.5 cm³/mol. The van der Waals surface area contributed by atoms with Gasteiger partial charge in [0, 0.05) is 25.4 Å². The molecule has 1 heterocycles. The van der Waals surface area contributed by atoms with Gasteiger partial charge in [-0.05, 0) is 32.5 Å². The summed E-state index contributed by atoms with van der Waals surface area (Å²) in [6, 6.07) is 0.450. The Balaban J connectivity index is 2.45. The van der Waals surface area contributed by atoms with Gasteiger partial charge in [-0.25, -0.2) is 0 Å². The molecule has 1 N–H and O–H groups in total. The Kier molecular flexibility index (Phi) is 9.26. The summed E-state index contributed by atoms with van der Waals surface area (Å²) in [7, 11) is 0. The highest BCUT2D eigenvalue weighted by Gasteiger charge is 2.14. The molecule has 0 fully saturated rings. The van der Waals surface area contributed by atoms with Gasteiger partial charge >= 0.3 is 0 Å². The second-order valence-corrected chi connectivity index (χ2v) is 5.53. The summed E-state index contributed by atoms with van der Waals surface area (Å²) in [5.41, 5.74) is 0. The fourth-order valence-corrected chi connectivity index (χ4v) is 2.46. The zero-order valence-electron chi connectivity index (χ0n) is 14.2. The molecule has 21 heavy (non-hydrogen) atoms. The lowest BCUT2D eigenvalue weighted by atomic mass is 10.1.